The largest absolute Gasteiger partial charge is 0.394 e. The number of ether oxygens (including phenoxy) is 2. The van der Waals surface area contributed by atoms with Crippen molar-refractivity contribution in [3.63, 3.8) is 0 Å². The minimum atomic E-state index is -1.46. The van der Waals surface area contributed by atoms with Crippen LogP contribution in [0.2, 0.25) is 0 Å². The van der Waals surface area contributed by atoms with Crippen molar-refractivity contribution in [1.29, 1.82) is 0 Å². The number of carbonyl (C=O) groups excluding carboxylic acids is 1. The zero-order valence-electron chi connectivity index (χ0n) is 15.9. The summed E-state index contributed by atoms with van der Waals surface area (Å²) in [6.07, 6.45) is -5.11. The van der Waals surface area contributed by atoms with E-state index in [1.54, 1.807) is 0 Å². The van der Waals surface area contributed by atoms with Crippen molar-refractivity contribution in [2.75, 3.05) is 13.2 Å². The maximum Gasteiger partial charge on any atom is 0.186 e. The Labute approximate surface area is 158 Å². The summed E-state index contributed by atoms with van der Waals surface area (Å²) in [7, 11) is 0. The zero-order chi connectivity index (χ0) is 19.9. The van der Waals surface area contributed by atoms with Gasteiger partial charge in [-0.1, -0.05) is 13.0 Å². The van der Waals surface area contributed by atoms with Gasteiger partial charge in [-0.3, -0.25) is 4.79 Å². The minimum Gasteiger partial charge on any atom is -0.394 e. The van der Waals surface area contributed by atoms with E-state index in [-0.39, 0.29) is 18.3 Å². The van der Waals surface area contributed by atoms with Crippen molar-refractivity contribution in [2.45, 2.75) is 64.3 Å². The number of benzene rings is 1. The third kappa shape index (κ3) is 3.68. The van der Waals surface area contributed by atoms with E-state index in [1.165, 1.54) is 0 Å². The highest BCUT2D eigenvalue weighted by molar-refractivity contribution is 6.03. The monoisotopic (exact) mass is 380 g/mol. The fourth-order valence-electron chi connectivity index (χ4n) is 4.15. The molecule has 1 fully saturated rings. The molecule has 7 nitrogen and oxygen atoms in total. The predicted octanol–water partition coefficient (Wildman–Crippen LogP) is 0.0373. The van der Waals surface area contributed by atoms with E-state index in [1.807, 2.05) is 20.8 Å². The number of Topliss-reactive ketones (excluding diaryl/α,β-unsaturated/α-hetero) is 1. The lowest BCUT2D eigenvalue weighted by Crippen LogP contribution is -2.59. The molecular formula is C20H28O7. The van der Waals surface area contributed by atoms with Gasteiger partial charge in [-0.15, -0.1) is 0 Å². The Balaban J connectivity index is 1.69. The summed E-state index contributed by atoms with van der Waals surface area (Å²) in [5.41, 5.74) is 5.00. The number of fused-ring (bicyclic) bond motifs is 1. The number of aryl methyl sites for hydroxylation is 1. The Morgan fingerprint density at radius 2 is 1.89 bits per heavy atom. The van der Waals surface area contributed by atoms with Crippen LogP contribution in [0.3, 0.4) is 0 Å². The van der Waals surface area contributed by atoms with Crippen LogP contribution in [-0.4, -0.2) is 70.1 Å². The third-order valence-electron chi connectivity index (χ3n) is 5.72. The molecular weight excluding hydrogens is 352 g/mol. The summed E-state index contributed by atoms with van der Waals surface area (Å²) in [6, 6.07) is 2.06. The third-order valence-corrected chi connectivity index (χ3v) is 5.72. The molecule has 7 heteroatoms. The van der Waals surface area contributed by atoms with Crippen molar-refractivity contribution in [3.05, 3.63) is 33.9 Å². The molecule has 0 radical (unpaired) electrons. The molecule has 0 unspecified atom stereocenters. The number of carbonyl (C=O) groups is 1. The SMILES string of the molecule is Cc1cc2c(c(C)c1CCO[C@@H]1O[C@H](CO)[C@@H](O)[C@H](O)[C@H]1O)C(=O)[C@H](C)C2. The molecule has 1 aliphatic heterocycles. The van der Waals surface area contributed by atoms with E-state index in [9.17, 15) is 25.2 Å². The average Bonchev–Trinajstić information content (AvgIpc) is 2.91. The Morgan fingerprint density at radius 1 is 1.19 bits per heavy atom. The van der Waals surface area contributed by atoms with E-state index in [0.717, 1.165) is 34.2 Å². The topological polar surface area (TPSA) is 116 Å². The lowest BCUT2D eigenvalue weighted by molar-refractivity contribution is -0.300. The summed E-state index contributed by atoms with van der Waals surface area (Å²) in [6.45, 7) is 5.61. The summed E-state index contributed by atoms with van der Waals surface area (Å²) < 4.78 is 10.9. The highest BCUT2D eigenvalue weighted by Gasteiger charge is 2.44. The molecule has 0 amide bonds. The zero-order valence-corrected chi connectivity index (χ0v) is 15.9. The van der Waals surface area contributed by atoms with Crippen LogP contribution in [0.15, 0.2) is 6.07 Å². The first-order valence-electron chi connectivity index (χ1n) is 9.34. The maximum absolute atomic E-state index is 12.4. The van der Waals surface area contributed by atoms with Crippen LogP contribution in [0.1, 0.15) is 39.5 Å². The number of hydrogen-bond acceptors (Lipinski definition) is 7. The van der Waals surface area contributed by atoms with Gasteiger partial charge in [0.1, 0.15) is 24.4 Å². The summed E-state index contributed by atoms with van der Waals surface area (Å²) >= 11 is 0. The molecule has 150 valence electrons. The van der Waals surface area contributed by atoms with Crippen LogP contribution in [0.4, 0.5) is 0 Å². The number of aliphatic hydroxyl groups excluding tert-OH is 4. The van der Waals surface area contributed by atoms with Crippen LogP contribution < -0.4 is 0 Å². The first-order chi connectivity index (χ1) is 12.8. The fraction of sp³-hybridized carbons (Fsp3) is 0.650. The van der Waals surface area contributed by atoms with Gasteiger partial charge in [0.05, 0.1) is 13.2 Å². The molecule has 1 aliphatic carbocycles. The van der Waals surface area contributed by atoms with Gasteiger partial charge >= 0.3 is 0 Å². The number of ketones is 1. The molecule has 0 bridgehead atoms. The molecule has 0 spiro atoms. The van der Waals surface area contributed by atoms with E-state index in [2.05, 4.69) is 6.07 Å². The van der Waals surface area contributed by atoms with Crippen LogP contribution in [0.5, 0.6) is 0 Å². The van der Waals surface area contributed by atoms with Gasteiger partial charge in [0.25, 0.3) is 0 Å². The highest BCUT2D eigenvalue weighted by Crippen LogP contribution is 2.33. The second-order valence-corrected chi connectivity index (χ2v) is 7.62. The van der Waals surface area contributed by atoms with Gasteiger partial charge in [0.15, 0.2) is 12.1 Å². The van der Waals surface area contributed by atoms with Crippen LogP contribution in [0, 0.1) is 19.8 Å². The standard InChI is InChI=1S/C20H28O7/c1-9-6-12-7-10(2)16(22)15(12)11(3)13(9)4-5-26-20-19(25)18(24)17(23)14(8-21)27-20/h6,10,14,17-21,23-25H,4-5,7-8H2,1-3H3/t10-,14-,17-,18+,19-,20-/m1/s1. The first-order valence-corrected chi connectivity index (χ1v) is 9.34. The van der Waals surface area contributed by atoms with Crippen molar-refractivity contribution < 1.29 is 34.7 Å². The van der Waals surface area contributed by atoms with Gasteiger partial charge in [-0.2, -0.15) is 0 Å². The van der Waals surface area contributed by atoms with Crippen molar-refractivity contribution >= 4 is 5.78 Å². The number of aliphatic hydroxyl groups is 4. The molecule has 4 N–H and O–H groups in total. The second-order valence-electron chi connectivity index (χ2n) is 7.62. The number of rotatable bonds is 5. The summed E-state index contributed by atoms with van der Waals surface area (Å²) in [4.78, 5) is 12.4. The molecule has 1 aromatic carbocycles. The van der Waals surface area contributed by atoms with Crippen LogP contribution in [0.25, 0.3) is 0 Å². The van der Waals surface area contributed by atoms with Crippen molar-refractivity contribution in [1.82, 2.24) is 0 Å². The van der Waals surface area contributed by atoms with Gasteiger partial charge in [-0.05, 0) is 48.9 Å². The average molecular weight is 380 g/mol. The van der Waals surface area contributed by atoms with Gasteiger partial charge < -0.3 is 29.9 Å². The Hall–Kier alpha value is -1.35. The smallest absolute Gasteiger partial charge is 0.186 e. The molecule has 3 rings (SSSR count). The first kappa shape index (κ1) is 20.4. The van der Waals surface area contributed by atoms with E-state index < -0.39 is 37.3 Å². The van der Waals surface area contributed by atoms with E-state index in [4.69, 9.17) is 9.47 Å². The normalized spacial score (nSPS) is 33.4. The van der Waals surface area contributed by atoms with E-state index in [0.29, 0.717) is 6.42 Å². The molecule has 27 heavy (non-hydrogen) atoms. The Kier molecular flexibility index (Phi) is 6.00. The van der Waals surface area contributed by atoms with Gasteiger partial charge in [0, 0.05) is 11.5 Å². The maximum atomic E-state index is 12.4. The second kappa shape index (κ2) is 7.95. The molecule has 1 saturated heterocycles. The van der Waals surface area contributed by atoms with Gasteiger partial charge in [0.2, 0.25) is 0 Å². The molecule has 1 heterocycles. The predicted molar refractivity (Wildman–Crippen MR) is 96.5 cm³/mol. The lowest BCUT2D eigenvalue weighted by Gasteiger charge is -2.39. The molecule has 6 atom stereocenters. The summed E-state index contributed by atoms with van der Waals surface area (Å²) in [5, 5.41) is 38.9. The van der Waals surface area contributed by atoms with E-state index >= 15 is 0 Å². The van der Waals surface area contributed by atoms with Crippen LogP contribution in [-0.2, 0) is 22.3 Å². The van der Waals surface area contributed by atoms with Crippen molar-refractivity contribution in [2.24, 2.45) is 5.92 Å². The molecule has 1 aromatic rings. The van der Waals surface area contributed by atoms with Crippen molar-refractivity contribution in [3.8, 4) is 0 Å². The lowest BCUT2D eigenvalue weighted by atomic mass is 9.92. The van der Waals surface area contributed by atoms with Crippen LogP contribution >= 0.6 is 0 Å². The Morgan fingerprint density at radius 3 is 2.56 bits per heavy atom. The highest BCUT2D eigenvalue weighted by atomic mass is 16.7. The quantitative estimate of drug-likeness (QED) is 0.570. The molecule has 0 saturated carbocycles. The number of hydrogen-bond donors (Lipinski definition) is 4. The Bertz CT molecular complexity index is 715. The fourth-order valence-corrected chi connectivity index (χ4v) is 4.15. The molecule has 0 aromatic heterocycles. The van der Waals surface area contributed by atoms with Gasteiger partial charge in [-0.25, -0.2) is 0 Å². The minimum absolute atomic E-state index is 0.0127. The molecule has 2 aliphatic rings. The summed E-state index contributed by atoms with van der Waals surface area (Å²) in [5.74, 6) is 0.192.